The maximum absolute atomic E-state index is 12.7. The Hall–Kier alpha value is -3.74. The number of aromatic nitrogens is 4. The highest BCUT2D eigenvalue weighted by Crippen LogP contribution is 2.61. The molecular weight excluding hydrogens is 879 g/mol. The number of fused-ring (bicyclic) bond motifs is 1. The van der Waals surface area contributed by atoms with Crippen LogP contribution in [-0.2, 0) is 50.7 Å². The van der Waals surface area contributed by atoms with Crippen LogP contribution in [0.3, 0.4) is 0 Å². The van der Waals surface area contributed by atoms with E-state index >= 15 is 0 Å². The van der Waals surface area contributed by atoms with Crippen LogP contribution in [-0.4, -0.2) is 123 Å². The molecule has 7 atom stereocenters. The van der Waals surface area contributed by atoms with E-state index < -0.39 is 84.6 Å². The van der Waals surface area contributed by atoms with Crippen molar-refractivity contribution >= 4 is 75.2 Å². The minimum atomic E-state index is -5.58. The lowest BCUT2D eigenvalue weighted by molar-refractivity contribution is -0.137. The van der Waals surface area contributed by atoms with Crippen molar-refractivity contribution < 1.29 is 80.5 Å². The average molecular weight is 924 g/mol. The number of aliphatic hydroxyl groups excluding tert-OH is 2. The number of phosphoric acid groups is 3. The molecule has 4 rings (SSSR count). The van der Waals surface area contributed by atoms with E-state index in [0.717, 1.165) is 34.5 Å². The highest BCUT2D eigenvalue weighted by Gasteiger charge is 2.50. The molecule has 0 aliphatic carbocycles. The van der Waals surface area contributed by atoms with E-state index in [0.29, 0.717) is 5.75 Å². The van der Waals surface area contributed by atoms with Crippen LogP contribution in [0, 0.1) is 5.41 Å². The summed E-state index contributed by atoms with van der Waals surface area (Å²) in [6.45, 7) is 0.419. The number of amides is 2. The number of hydrogen-bond acceptors (Lipinski definition) is 18. The summed E-state index contributed by atoms with van der Waals surface area (Å²) in [6.07, 6.45) is -0.389. The molecule has 2 aromatic heterocycles. The van der Waals surface area contributed by atoms with Gasteiger partial charge in [-0.15, -0.1) is 0 Å². The van der Waals surface area contributed by atoms with Gasteiger partial charge in [0, 0.05) is 30.7 Å². The molecule has 10 N–H and O–H groups in total. The van der Waals surface area contributed by atoms with Crippen LogP contribution >= 0.6 is 35.2 Å². The first-order valence-corrected chi connectivity index (χ1v) is 23.0. The van der Waals surface area contributed by atoms with Gasteiger partial charge in [-0.3, -0.25) is 32.5 Å². The van der Waals surface area contributed by atoms with Crippen molar-refractivity contribution in [2.75, 3.05) is 37.8 Å². The lowest BCUT2D eigenvalue weighted by Crippen LogP contribution is -2.46. The number of nitrogens with two attached hydrogens (primary N) is 1. The smallest absolute Gasteiger partial charge is 0.386 e. The molecule has 1 fully saturated rings. The Morgan fingerprint density at radius 1 is 1.02 bits per heavy atom. The monoisotopic (exact) mass is 923 g/mol. The van der Waals surface area contributed by atoms with Gasteiger partial charge in [0.1, 0.15) is 36.3 Å². The van der Waals surface area contributed by atoms with Gasteiger partial charge in [-0.2, -0.15) is 4.31 Å². The number of carbonyl (C=O) groups excluding carboxylic acids is 3. The Kier molecular flexibility index (Phi) is 17.4. The number of phosphoric ester groups is 3. The first kappa shape index (κ1) is 48.9. The number of hydrogen-bond donors (Lipinski definition) is 9. The summed E-state index contributed by atoms with van der Waals surface area (Å²) < 4.78 is 62.2. The van der Waals surface area contributed by atoms with Crippen molar-refractivity contribution in [2.45, 2.75) is 50.9 Å². The number of nitrogens with zero attached hydrogens (tertiary/aromatic N) is 4. The Morgan fingerprint density at radius 3 is 2.42 bits per heavy atom. The van der Waals surface area contributed by atoms with E-state index in [9.17, 15) is 57.9 Å². The number of nitrogen functional groups attached to an aromatic ring is 1. The molecule has 1 aromatic carbocycles. The summed E-state index contributed by atoms with van der Waals surface area (Å²) in [4.78, 5) is 87.8. The van der Waals surface area contributed by atoms with Gasteiger partial charge in [-0.1, -0.05) is 74.2 Å². The number of benzene rings is 1. The molecule has 1 saturated heterocycles. The van der Waals surface area contributed by atoms with Crippen molar-refractivity contribution in [2.24, 2.45) is 5.41 Å². The summed E-state index contributed by atoms with van der Waals surface area (Å²) in [7, 11) is -16.4. The predicted octanol–water partition coefficient (Wildman–Crippen LogP) is 0.934. The van der Waals surface area contributed by atoms with Gasteiger partial charge >= 0.3 is 23.5 Å². The first-order chi connectivity index (χ1) is 28.1. The molecule has 60 heavy (non-hydrogen) atoms. The maximum atomic E-state index is 12.7. The van der Waals surface area contributed by atoms with Crippen LogP contribution in [0.1, 0.15) is 32.1 Å². The van der Waals surface area contributed by atoms with E-state index in [1.54, 1.807) is 12.2 Å². The predicted molar refractivity (Wildman–Crippen MR) is 212 cm³/mol. The number of anilines is 1. The fraction of sp³-hybridized carbons (Fsp3) is 0.438. The van der Waals surface area contributed by atoms with Crippen LogP contribution in [0.25, 0.3) is 17.2 Å². The summed E-state index contributed by atoms with van der Waals surface area (Å²) in [5.74, 6) is -1.20. The molecule has 0 radical (unpaired) electrons. The minimum Gasteiger partial charge on any atom is -0.386 e. The standard InChI is InChI=1S/C32H44N7O17P3S/c1-32(2,27(43)30(44)35-13-12-22(40)34-14-15-60-23(41)11-7-6-10-20-8-4-3-5-9-20)17-53-59(50,51)56-58(48,49)52-16-21-26(55-57(45,46)47)25(42)31(54-21)39-19-38-24-28(33)36-18-37-29(24)39/h3-11,18-19,21,25-27,31,42-43H,12-17H2,1-2H3,(H,34,40)(H,35,44)(H,48,49)(H,50,51)(H2,33,36,37)(H2,45,46,47)/b10-6+,11-7+. The number of ether oxygens (including phenoxy) is 1. The van der Waals surface area contributed by atoms with Crippen LogP contribution in [0.15, 0.2) is 61.2 Å². The summed E-state index contributed by atoms with van der Waals surface area (Å²) in [5.41, 5.74) is 5.23. The van der Waals surface area contributed by atoms with Crippen molar-refractivity contribution in [3.8, 4) is 0 Å². The largest absolute Gasteiger partial charge is 0.481 e. The molecular formula is C32H44N7O17P3S. The van der Waals surface area contributed by atoms with Crippen molar-refractivity contribution in [3.05, 3.63) is 66.8 Å². The molecule has 24 nitrogen and oxygen atoms in total. The quantitative estimate of drug-likeness (QED) is 0.0293. The number of aliphatic hydroxyl groups is 2. The molecule has 330 valence electrons. The summed E-state index contributed by atoms with van der Waals surface area (Å²) >= 11 is 0.996. The van der Waals surface area contributed by atoms with Gasteiger partial charge in [0.2, 0.25) is 16.9 Å². The molecule has 3 aromatic rings. The van der Waals surface area contributed by atoms with Crippen LogP contribution in [0.5, 0.6) is 0 Å². The third kappa shape index (κ3) is 15.0. The minimum absolute atomic E-state index is 0.0278. The molecule has 7 unspecified atom stereocenters. The second-order valence-corrected chi connectivity index (χ2v) is 18.7. The number of thioether (sulfide) groups is 1. The lowest BCUT2D eigenvalue weighted by atomic mass is 9.87. The SMILES string of the molecule is CC(C)(COP(=O)(O)OP(=O)(O)OCC1OC(n2cnc3c(N)ncnc32)C(O)C1OP(=O)(O)O)C(O)C(=O)NCCC(=O)NCCSC(=O)/C=C/C=C/c1ccccc1. The topological polar surface area (TPSA) is 364 Å². The fourth-order valence-corrected chi connectivity index (χ4v) is 8.60. The zero-order valence-corrected chi connectivity index (χ0v) is 35.3. The van der Waals surface area contributed by atoms with Crippen LogP contribution in [0.2, 0.25) is 0 Å². The van der Waals surface area contributed by atoms with Gasteiger partial charge in [0.05, 0.1) is 19.5 Å². The van der Waals surface area contributed by atoms with E-state index in [2.05, 4.69) is 34.4 Å². The second kappa shape index (κ2) is 21.4. The molecule has 1 aliphatic heterocycles. The Morgan fingerprint density at radius 2 is 1.72 bits per heavy atom. The van der Waals surface area contributed by atoms with Gasteiger partial charge in [-0.05, 0) is 11.6 Å². The number of allylic oxidation sites excluding steroid dienone is 2. The summed E-state index contributed by atoms with van der Waals surface area (Å²) in [6, 6.07) is 9.51. The van der Waals surface area contributed by atoms with Gasteiger partial charge in [0.15, 0.2) is 17.7 Å². The average Bonchev–Trinajstić information content (AvgIpc) is 3.73. The van der Waals surface area contributed by atoms with E-state index in [1.807, 2.05) is 36.4 Å². The highest BCUT2D eigenvalue weighted by atomic mass is 32.2. The first-order valence-electron chi connectivity index (χ1n) is 17.5. The maximum Gasteiger partial charge on any atom is 0.481 e. The van der Waals surface area contributed by atoms with E-state index in [-0.39, 0.29) is 41.6 Å². The number of imidazole rings is 1. The lowest BCUT2D eigenvalue weighted by Gasteiger charge is -2.30. The van der Waals surface area contributed by atoms with Crippen LogP contribution in [0.4, 0.5) is 5.82 Å². The van der Waals surface area contributed by atoms with Crippen molar-refractivity contribution in [1.82, 2.24) is 30.2 Å². The highest BCUT2D eigenvalue weighted by molar-refractivity contribution is 8.14. The molecule has 28 heteroatoms. The Balaban J connectivity index is 1.19. The molecule has 2 amide bonds. The summed E-state index contributed by atoms with van der Waals surface area (Å²) in [5, 5.41) is 26.2. The third-order valence-corrected chi connectivity index (χ3v) is 12.1. The Labute approximate surface area is 346 Å². The van der Waals surface area contributed by atoms with Gasteiger partial charge in [0.25, 0.3) is 0 Å². The molecule has 0 saturated carbocycles. The van der Waals surface area contributed by atoms with E-state index in [1.165, 1.54) is 19.9 Å². The number of carbonyl (C=O) groups is 3. The zero-order valence-electron chi connectivity index (χ0n) is 31.8. The normalized spacial score (nSPS) is 21.2. The number of nitrogens with one attached hydrogen (secondary N) is 2. The van der Waals surface area contributed by atoms with Crippen molar-refractivity contribution in [3.63, 3.8) is 0 Å². The Bertz CT molecular complexity index is 2170. The molecule has 0 bridgehead atoms. The van der Waals surface area contributed by atoms with Crippen LogP contribution < -0.4 is 16.4 Å². The van der Waals surface area contributed by atoms with E-state index in [4.69, 9.17) is 19.5 Å². The fourth-order valence-electron chi connectivity index (χ4n) is 5.19. The molecule has 0 spiro atoms. The second-order valence-electron chi connectivity index (χ2n) is 13.4. The van der Waals surface area contributed by atoms with Gasteiger partial charge in [-0.25, -0.2) is 28.6 Å². The van der Waals surface area contributed by atoms with Gasteiger partial charge < -0.3 is 50.9 Å². The zero-order chi connectivity index (χ0) is 44.3. The number of rotatable bonds is 22. The van der Waals surface area contributed by atoms with Crippen molar-refractivity contribution in [1.29, 1.82) is 0 Å². The molecule has 3 heterocycles. The molecule has 1 aliphatic rings. The third-order valence-electron chi connectivity index (χ3n) is 8.18.